The zero-order valence-corrected chi connectivity index (χ0v) is 58.9. The van der Waals surface area contributed by atoms with E-state index >= 15 is 0 Å². The van der Waals surface area contributed by atoms with Gasteiger partial charge in [-0.1, -0.05) is 143 Å². The Morgan fingerprint density at radius 3 is 0.955 bits per heavy atom. The van der Waals surface area contributed by atoms with Crippen molar-refractivity contribution in [1.29, 1.82) is 0 Å². The number of hydrogen-bond acceptors (Lipinski definition) is 4. The molecule has 0 spiro atoms. The van der Waals surface area contributed by atoms with Crippen molar-refractivity contribution in [3.63, 3.8) is 0 Å². The van der Waals surface area contributed by atoms with E-state index in [1.807, 2.05) is 108 Å². The van der Waals surface area contributed by atoms with Gasteiger partial charge in [0.25, 0.3) is 11.5 Å². The Morgan fingerprint density at radius 2 is 0.697 bits per heavy atom. The standard InChI is InChI=1S/C64H66Cl2N2O4S2.2C7H7.Zr/c1-61(2,3)37-15-21-49-43(29-37)44-30-38(62(4,5)6)16-22-50(44)67(49)53-35-73-59(57(53)69)47-33-41(65)19-25-55(47)71-27-13-14-28-72-56-26-20-42(66)34-48(56)60-58(70)54(36-74-60)68-51-23-17-39(63(7,8)9)31-45(51)46-32-40(64(10,11)12)18-24-52(46)68;2*1-7-5-3-2-4-6-7;/h15-26,29-36,69-70H,13-14,27-28H2,1-12H3;2*2-6H,1H2;/q;2*-1;/p+2. The van der Waals surface area contributed by atoms with Crippen molar-refractivity contribution < 1.29 is 45.9 Å². The van der Waals surface area contributed by atoms with Crippen LogP contribution < -0.4 is 0 Å². The van der Waals surface area contributed by atoms with Crippen molar-refractivity contribution in [3.05, 3.63) is 238 Å². The minimum absolute atomic E-state index is 0. The molecule has 0 fully saturated rings. The number of aromatic nitrogens is 2. The van der Waals surface area contributed by atoms with Gasteiger partial charge >= 0.3 is 0 Å². The van der Waals surface area contributed by atoms with Crippen molar-refractivity contribution in [1.82, 2.24) is 9.13 Å². The van der Waals surface area contributed by atoms with Crippen LogP contribution in [0.2, 0.25) is 10.0 Å². The number of benzene rings is 8. The molecule has 6 nitrogen and oxygen atoms in total. The van der Waals surface area contributed by atoms with Gasteiger partial charge in [0.2, 0.25) is 0 Å². The average Bonchev–Trinajstić information content (AvgIpc) is 1.69. The predicted molar refractivity (Wildman–Crippen MR) is 380 cm³/mol. The number of aliphatic hydroxyl groups is 2. The molecule has 0 radical (unpaired) electrons. The smallest absolute Gasteiger partial charge is 0.263 e. The quantitative estimate of drug-likeness (QED) is 0.0769. The number of halogens is 2. The molecule has 4 N–H and O–H groups in total. The third kappa shape index (κ3) is 14.7. The maximum atomic E-state index is 12.2. The minimum atomic E-state index is -0.0184. The van der Waals surface area contributed by atoms with Crippen LogP contribution in [0.1, 0.15) is 129 Å². The third-order valence-corrected chi connectivity index (χ3v) is 18.6. The second-order valence-corrected chi connectivity index (χ2v) is 29.6. The summed E-state index contributed by atoms with van der Waals surface area (Å²) in [5.41, 5.74) is 14.4. The van der Waals surface area contributed by atoms with Gasteiger partial charge in [-0.25, -0.2) is 0 Å². The van der Waals surface area contributed by atoms with Gasteiger partial charge < -0.3 is 28.8 Å². The van der Waals surface area contributed by atoms with E-state index in [4.69, 9.17) is 32.7 Å². The molecule has 458 valence electrons. The number of hydrogen-bond donors (Lipinski definition) is 2. The summed E-state index contributed by atoms with van der Waals surface area (Å²) in [6.45, 7) is 35.5. The molecular weight excluding hydrogens is 1260 g/mol. The zero-order chi connectivity index (χ0) is 63.0. The second-order valence-electron chi connectivity index (χ2n) is 27.0. The molecule has 12 aromatic rings. The van der Waals surface area contributed by atoms with E-state index in [-0.39, 0.29) is 59.4 Å². The maximum absolute atomic E-state index is 12.2. The average molecular weight is 1340 g/mol. The predicted octanol–water partition coefficient (Wildman–Crippen LogP) is 22.9. The first-order valence-electron chi connectivity index (χ1n) is 30.2. The van der Waals surface area contributed by atoms with Gasteiger partial charge in [-0.15, -0.1) is 46.9 Å². The van der Waals surface area contributed by atoms with E-state index in [0.717, 1.165) is 89.8 Å². The van der Waals surface area contributed by atoms with Crippen LogP contribution in [0.25, 0.3) is 75.9 Å². The van der Waals surface area contributed by atoms with Crippen LogP contribution in [0.4, 0.5) is 0 Å². The summed E-state index contributed by atoms with van der Waals surface area (Å²) in [4.78, 5) is 1.45. The van der Waals surface area contributed by atoms with Crippen LogP contribution in [-0.4, -0.2) is 42.0 Å². The normalized spacial score (nSPS) is 12.0. The van der Waals surface area contributed by atoms with Crippen molar-refractivity contribution >= 4 is 89.5 Å². The summed E-state index contributed by atoms with van der Waals surface area (Å²) in [6.07, 6.45) is 1.58. The summed E-state index contributed by atoms with van der Waals surface area (Å²) in [5.74, 6) is 1.96. The van der Waals surface area contributed by atoms with E-state index in [2.05, 4.69) is 179 Å². The van der Waals surface area contributed by atoms with Crippen LogP contribution in [-0.2, 0) is 47.9 Å². The van der Waals surface area contributed by atoms with E-state index in [1.54, 1.807) is 0 Å². The monoisotopic (exact) mass is 1330 g/mol. The van der Waals surface area contributed by atoms with Crippen molar-refractivity contribution in [2.45, 2.75) is 118 Å². The van der Waals surface area contributed by atoms with Gasteiger partial charge in [0, 0.05) is 93.5 Å². The molecule has 0 saturated carbocycles. The molecule has 0 aliphatic rings. The first-order chi connectivity index (χ1) is 41.7. The molecule has 0 amide bonds. The molecule has 0 aliphatic heterocycles. The van der Waals surface area contributed by atoms with Crippen LogP contribution >= 0.6 is 45.9 Å². The number of nitrogens with zero attached hydrogens (tertiary/aromatic N) is 2. The molecule has 8 aromatic carbocycles. The fourth-order valence-corrected chi connectivity index (χ4v) is 13.3. The molecular formula is C78H82Cl2N2O4S2Zr. The molecule has 11 heteroatoms. The van der Waals surface area contributed by atoms with E-state index < -0.39 is 0 Å². The van der Waals surface area contributed by atoms with E-state index in [1.165, 1.54) is 66.5 Å². The largest absolute Gasteiger partial charge is 0.582 e. The van der Waals surface area contributed by atoms with Gasteiger partial charge in [0.15, 0.2) is 24.7 Å². The van der Waals surface area contributed by atoms with Crippen molar-refractivity contribution in [3.8, 4) is 55.3 Å². The van der Waals surface area contributed by atoms with Crippen LogP contribution in [0.15, 0.2) is 181 Å². The zero-order valence-electron chi connectivity index (χ0n) is 53.3. The molecule has 0 unspecified atom stereocenters. The number of unbranched alkanes of at least 4 members (excludes halogenated alkanes) is 1. The number of aromatic hydroxyl groups is 4. The summed E-state index contributed by atoms with van der Waals surface area (Å²) >= 11 is 16.3. The first kappa shape index (κ1) is 66.6. The molecule has 4 heterocycles. The van der Waals surface area contributed by atoms with Gasteiger partial charge in [-0.3, -0.25) is 0 Å². The number of rotatable bonds is 11. The fourth-order valence-electron chi connectivity index (χ4n) is 11.1. The van der Waals surface area contributed by atoms with Gasteiger partial charge in [0.05, 0.1) is 54.3 Å². The molecule has 0 atom stereocenters. The number of thiophene rings is 2. The summed E-state index contributed by atoms with van der Waals surface area (Å²) < 4.78 is 14.5. The van der Waals surface area contributed by atoms with Crippen molar-refractivity contribution in [2.24, 2.45) is 0 Å². The fraction of sp³-hybridized carbons (Fsp3) is 0.256. The summed E-state index contributed by atoms with van der Waals surface area (Å²) in [6, 6.07) is 58.1. The minimum Gasteiger partial charge on any atom is -0.582 e. The topological polar surface area (TPSA) is 75.9 Å². The molecule has 0 saturated heterocycles. The Kier molecular flexibility index (Phi) is 20.1. The Morgan fingerprint density at radius 1 is 0.404 bits per heavy atom. The van der Waals surface area contributed by atoms with Gasteiger partial charge in [-0.05, 0) is 117 Å². The molecule has 4 aromatic heterocycles. The second kappa shape index (κ2) is 26.9. The first-order valence-corrected chi connectivity index (χ1v) is 32.7. The van der Waals surface area contributed by atoms with E-state index in [0.29, 0.717) is 23.3 Å². The molecule has 12 rings (SSSR count). The summed E-state index contributed by atoms with van der Waals surface area (Å²) in [5, 5.41) is 34.3. The Balaban J connectivity index is 0.000000553. The summed E-state index contributed by atoms with van der Waals surface area (Å²) in [7, 11) is 0. The Hall–Kier alpha value is -6.84. The van der Waals surface area contributed by atoms with E-state index in [9.17, 15) is 10.2 Å². The van der Waals surface area contributed by atoms with Crippen LogP contribution in [0, 0.1) is 13.8 Å². The number of ether oxygens (including phenoxy) is 2. The van der Waals surface area contributed by atoms with Crippen LogP contribution in [0.5, 0.6) is 23.0 Å². The van der Waals surface area contributed by atoms with Crippen LogP contribution in [0.3, 0.4) is 0 Å². The molecule has 89 heavy (non-hydrogen) atoms. The maximum Gasteiger partial charge on any atom is 0.263 e. The van der Waals surface area contributed by atoms with Crippen molar-refractivity contribution in [2.75, 3.05) is 13.2 Å². The molecule has 0 bridgehead atoms. The van der Waals surface area contributed by atoms with Gasteiger partial charge in [-0.2, -0.15) is 49.2 Å². The third-order valence-electron chi connectivity index (χ3n) is 16.2. The SMILES string of the molecule is CC(C)(C)c1ccc2c(c1)c1cc(C(C)(C)C)ccc1n2-c1csc(-c2cc(Cl)ccc2[OH+]CCCC[OH+]c2ccc(Cl)cc2-c2scc(-n3c4ccc(C(C)(C)C)cc4c4cc(C(C)(C)C)ccc43)c2O)c1O.[CH2-]c1ccccc1.[CH2-]c1ccccc1.[Zr]. The Labute approximate surface area is 563 Å². The number of fused-ring (bicyclic) bond motifs is 6. The van der Waals surface area contributed by atoms with Gasteiger partial charge in [0.1, 0.15) is 0 Å². The molecule has 0 aliphatic carbocycles. The Bertz CT molecular complexity index is 4030.